The van der Waals surface area contributed by atoms with Gasteiger partial charge in [-0.15, -0.1) is 0 Å². The van der Waals surface area contributed by atoms with Gasteiger partial charge >= 0.3 is 5.69 Å². The zero-order chi connectivity index (χ0) is 20.4. The van der Waals surface area contributed by atoms with Gasteiger partial charge in [0.05, 0.1) is 5.69 Å². The molecule has 0 saturated carbocycles. The van der Waals surface area contributed by atoms with Gasteiger partial charge in [0.2, 0.25) is 0 Å². The first kappa shape index (κ1) is 18.8. The number of carbonyl (C=O) groups is 1. The highest BCUT2D eigenvalue weighted by Gasteiger charge is 2.24. The Labute approximate surface area is 166 Å². The summed E-state index contributed by atoms with van der Waals surface area (Å²) in [5.41, 5.74) is 0.601. The Kier molecular flexibility index (Phi) is 5.07. The van der Waals surface area contributed by atoms with Crippen molar-refractivity contribution in [3.8, 4) is 11.3 Å². The average molecular weight is 393 g/mol. The van der Waals surface area contributed by atoms with Crippen LogP contribution in [0.15, 0.2) is 53.5 Å². The Morgan fingerprint density at radius 2 is 1.90 bits per heavy atom. The minimum Gasteiger partial charge on any atom is -0.353 e. The summed E-state index contributed by atoms with van der Waals surface area (Å²) in [6.45, 7) is 4.08. The van der Waals surface area contributed by atoms with Crippen LogP contribution in [-0.2, 0) is 0 Å². The second-order valence-corrected chi connectivity index (χ2v) is 6.94. The number of aryl methyl sites for hydroxylation is 1. The number of pyridine rings is 1. The standard InChI is InChI=1S/C21H20FN5O2/c1-14-5-6-16(22)15(12-14)17-13-18(25-21(29)24-17)20(28)27-10-8-26(9-11-27)19-4-2-3-7-23-19/h2-7,12-13H,8-11H2,1H3,(H,24,25,29). The van der Waals surface area contributed by atoms with Gasteiger partial charge in [0.15, 0.2) is 0 Å². The van der Waals surface area contributed by atoms with E-state index >= 15 is 0 Å². The maximum absolute atomic E-state index is 14.2. The number of aromatic nitrogens is 3. The van der Waals surface area contributed by atoms with E-state index in [4.69, 9.17) is 0 Å². The largest absolute Gasteiger partial charge is 0.353 e. The molecule has 0 spiro atoms. The van der Waals surface area contributed by atoms with E-state index in [-0.39, 0.29) is 22.9 Å². The number of amides is 1. The van der Waals surface area contributed by atoms with Crippen molar-refractivity contribution in [2.24, 2.45) is 0 Å². The van der Waals surface area contributed by atoms with Crippen LogP contribution >= 0.6 is 0 Å². The van der Waals surface area contributed by atoms with Gasteiger partial charge in [-0.1, -0.05) is 17.7 Å². The van der Waals surface area contributed by atoms with Crippen LogP contribution in [0.4, 0.5) is 10.2 Å². The minimum absolute atomic E-state index is 0.104. The van der Waals surface area contributed by atoms with E-state index in [1.165, 1.54) is 12.1 Å². The summed E-state index contributed by atoms with van der Waals surface area (Å²) in [6, 6.07) is 11.7. The monoisotopic (exact) mass is 393 g/mol. The molecule has 1 aliphatic heterocycles. The molecule has 7 nitrogen and oxygen atoms in total. The van der Waals surface area contributed by atoms with Gasteiger partial charge in [-0.25, -0.2) is 14.2 Å². The summed E-state index contributed by atoms with van der Waals surface area (Å²) in [4.78, 5) is 39.4. The van der Waals surface area contributed by atoms with Gasteiger partial charge < -0.3 is 14.8 Å². The Morgan fingerprint density at radius 3 is 2.62 bits per heavy atom. The van der Waals surface area contributed by atoms with Crippen LogP contribution in [-0.4, -0.2) is 51.9 Å². The fourth-order valence-corrected chi connectivity index (χ4v) is 3.40. The molecule has 1 aromatic carbocycles. The lowest BCUT2D eigenvalue weighted by Gasteiger charge is -2.35. The zero-order valence-electron chi connectivity index (χ0n) is 15.9. The fraction of sp³-hybridized carbons (Fsp3) is 0.238. The van der Waals surface area contributed by atoms with Gasteiger partial charge in [0, 0.05) is 37.9 Å². The number of nitrogens with one attached hydrogen (secondary N) is 1. The Bertz CT molecular complexity index is 1090. The van der Waals surface area contributed by atoms with Crippen LogP contribution in [0.5, 0.6) is 0 Å². The number of hydrogen-bond donors (Lipinski definition) is 1. The number of carbonyl (C=O) groups excluding carboxylic acids is 1. The molecule has 1 saturated heterocycles. The molecule has 8 heteroatoms. The Morgan fingerprint density at radius 1 is 1.10 bits per heavy atom. The van der Waals surface area contributed by atoms with E-state index in [0.717, 1.165) is 11.4 Å². The van der Waals surface area contributed by atoms with Gasteiger partial charge in [-0.05, 0) is 37.3 Å². The molecule has 1 aliphatic rings. The summed E-state index contributed by atoms with van der Waals surface area (Å²) in [7, 11) is 0. The van der Waals surface area contributed by atoms with E-state index in [1.807, 2.05) is 25.1 Å². The second-order valence-electron chi connectivity index (χ2n) is 6.94. The quantitative estimate of drug-likeness (QED) is 0.738. The van der Waals surface area contributed by atoms with Crippen LogP contribution in [0.2, 0.25) is 0 Å². The third kappa shape index (κ3) is 4.01. The number of aromatic amines is 1. The number of H-pyrrole nitrogens is 1. The third-order valence-corrected chi connectivity index (χ3v) is 4.91. The molecular weight excluding hydrogens is 373 g/mol. The molecule has 0 radical (unpaired) electrons. The predicted octanol–water partition coefficient (Wildman–Crippen LogP) is 2.24. The maximum atomic E-state index is 14.2. The summed E-state index contributed by atoms with van der Waals surface area (Å²) >= 11 is 0. The van der Waals surface area contributed by atoms with E-state index in [1.54, 1.807) is 23.2 Å². The van der Waals surface area contributed by atoms with Crippen LogP contribution < -0.4 is 10.6 Å². The summed E-state index contributed by atoms with van der Waals surface area (Å²) in [5, 5.41) is 0. The van der Waals surface area contributed by atoms with Gasteiger partial charge in [0.25, 0.3) is 5.91 Å². The molecule has 4 rings (SSSR count). The number of rotatable bonds is 3. The molecule has 1 amide bonds. The number of benzene rings is 1. The molecule has 1 fully saturated rings. The Hall–Kier alpha value is -3.55. The molecule has 0 aliphatic carbocycles. The van der Waals surface area contributed by atoms with Crippen molar-refractivity contribution in [1.82, 2.24) is 19.9 Å². The second kappa shape index (κ2) is 7.83. The van der Waals surface area contributed by atoms with Crippen molar-refractivity contribution in [3.63, 3.8) is 0 Å². The molecule has 3 aromatic rings. The van der Waals surface area contributed by atoms with Gasteiger partial charge in [0.1, 0.15) is 17.3 Å². The number of halogens is 1. The predicted molar refractivity (Wildman–Crippen MR) is 107 cm³/mol. The van der Waals surface area contributed by atoms with Crippen LogP contribution in [0.1, 0.15) is 16.1 Å². The molecule has 148 valence electrons. The maximum Gasteiger partial charge on any atom is 0.346 e. The van der Waals surface area contributed by atoms with Crippen LogP contribution in [0.3, 0.4) is 0 Å². The zero-order valence-corrected chi connectivity index (χ0v) is 15.9. The Balaban J connectivity index is 1.55. The number of hydrogen-bond acceptors (Lipinski definition) is 5. The average Bonchev–Trinajstić information content (AvgIpc) is 2.75. The van der Waals surface area contributed by atoms with Crippen molar-refractivity contribution < 1.29 is 9.18 Å². The third-order valence-electron chi connectivity index (χ3n) is 4.91. The lowest BCUT2D eigenvalue weighted by molar-refractivity contribution is 0.0740. The van der Waals surface area contributed by atoms with Crippen LogP contribution in [0, 0.1) is 12.7 Å². The van der Waals surface area contributed by atoms with Crippen LogP contribution in [0.25, 0.3) is 11.3 Å². The highest BCUT2D eigenvalue weighted by molar-refractivity contribution is 5.93. The van der Waals surface area contributed by atoms with E-state index in [0.29, 0.717) is 26.2 Å². The normalized spacial score (nSPS) is 14.1. The molecule has 0 atom stereocenters. The van der Waals surface area contributed by atoms with Crippen molar-refractivity contribution in [2.45, 2.75) is 6.92 Å². The van der Waals surface area contributed by atoms with E-state index in [9.17, 15) is 14.0 Å². The number of piperazine rings is 1. The lowest BCUT2D eigenvalue weighted by Crippen LogP contribution is -2.49. The molecule has 3 heterocycles. The fourth-order valence-electron chi connectivity index (χ4n) is 3.40. The molecule has 0 bridgehead atoms. The van der Waals surface area contributed by atoms with Crippen molar-refractivity contribution in [3.05, 3.63) is 76.2 Å². The summed E-state index contributed by atoms with van der Waals surface area (Å²) < 4.78 is 14.2. The smallest absolute Gasteiger partial charge is 0.346 e. The molecular formula is C21H20FN5O2. The van der Waals surface area contributed by atoms with E-state index < -0.39 is 11.5 Å². The topological polar surface area (TPSA) is 82.2 Å². The number of nitrogens with zero attached hydrogens (tertiary/aromatic N) is 4. The van der Waals surface area contributed by atoms with E-state index in [2.05, 4.69) is 19.9 Å². The highest BCUT2D eigenvalue weighted by Crippen LogP contribution is 2.22. The van der Waals surface area contributed by atoms with Gasteiger partial charge in [-0.3, -0.25) is 4.79 Å². The van der Waals surface area contributed by atoms with Crippen molar-refractivity contribution >= 4 is 11.7 Å². The SMILES string of the molecule is Cc1ccc(F)c(-c2cc(C(=O)N3CCN(c4ccccn4)CC3)[nH]c(=O)n2)c1. The first-order valence-electron chi connectivity index (χ1n) is 9.34. The highest BCUT2D eigenvalue weighted by atomic mass is 19.1. The molecule has 1 N–H and O–H groups in total. The van der Waals surface area contributed by atoms with Gasteiger partial charge in [-0.2, -0.15) is 4.98 Å². The summed E-state index contributed by atoms with van der Waals surface area (Å²) in [6.07, 6.45) is 1.74. The molecule has 0 unspecified atom stereocenters. The minimum atomic E-state index is -0.682. The molecule has 2 aromatic heterocycles. The number of anilines is 1. The molecule has 29 heavy (non-hydrogen) atoms. The van der Waals surface area contributed by atoms with Crippen molar-refractivity contribution in [2.75, 3.05) is 31.1 Å². The summed E-state index contributed by atoms with van der Waals surface area (Å²) in [5.74, 6) is 0.0738. The van der Waals surface area contributed by atoms with Crippen molar-refractivity contribution in [1.29, 1.82) is 0 Å². The lowest BCUT2D eigenvalue weighted by atomic mass is 10.1. The first-order valence-corrected chi connectivity index (χ1v) is 9.34. The first-order chi connectivity index (χ1) is 14.0.